The Morgan fingerprint density at radius 2 is 1.79 bits per heavy atom. The minimum Gasteiger partial charge on any atom is -0.410 e. The Labute approximate surface area is 84.1 Å². The molecule has 0 atom stereocenters. The standard InChI is InChI=1S/C11H15NO2/c1-11(2,3)12-10(13)14-9-7-5-4-6-8-9/h4-8H,1-3H3,(H,12,13). The van der Waals surface area contributed by atoms with Gasteiger partial charge >= 0.3 is 6.09 Å². The van der Waals surface area contributed by atoms with Crippen molar-refractivity contribution in [3.8, 4) is 5.75 Å². The molecule has 1 rings (SSSR count). The lowest BCUT2D eigenvalue weighted by atomic mass is 10.1. The third-order valence-electron chi connectivity index (χ3n) is 1.43. The van der Waals surface area contributed by atoms with E-state index >= 15 is 0 Å². The maximum absolute atomic E-state index is 11.3. The molecule has 0 aromatic heterocycles. The van der Waals surface area contributed by atoms with Crippen LogP contribution in [0.4, 0.5) is 4.79 Å². The molecule has 1 N–H and O–H groups in total. The zero-order valence-corrected chi connectivity index (χ0v) is 8.70. The molecular formula is C11H15NO2. The van der Waals surface area contributed by atoms with E-state index in [1.165, 1.54) is 0 Å². The number of ether oxygens (including phenoxy) is 1. The number of amides is 1. The highest BCUT2D eigenvalue weighted by Crippen LogP contribution is 2.09. The summed E-state index contributed by atoms with van der Waals surface area (Å²) < 4.78 is 5.04. The molecular weight excluding hydrogens is 178 g/mol. The molecule has 1 amide bonds. The minimum absolute atomic E-state index is 0.272. The number of para-hydroxylation sites is 1. The van der Waals surface area contributed by atoms with Gasteiger partial charge in [0.25, 0.3) is 0 Å². The highest BCUT2D eigenvalue weighted by Gasteiger charge is 2.14. The lowest BCUT2D eigenvalue weighted by Gasteiger charge is -2.19. The summed E-state index contributed by atoms with van der Waals surface area (Å²) in [6.45, 7) is 5.71. The number of benzene rings is 1. The number of nitrogens with one attached hydrogen (secondary N) is 1. The van der Waals surface area contributed by atoms with Crippen molar-refractivity contribution in [2.45, 2.75) is 26.3 Å². The van der Waals surface area contributed by atoms with Gasteiger partial charge in [0.2, 0.25) is 0 Å². The fourth-order valence-corrected chi connectivity index (χ4v) is 0.927. The molecule has 0 aliphatic carbocycles. The van der Waals surface area contributed by atoms with Crippen LogP contribution < -0.4 is 10.1 Å². The van der Waals surface area contributed by atoms with Crippen molar-refractivity contribution < 1.29 is 9.53 Å². The number of hydrogen-bond acceptors (Lipinski definition) is 2. The van der Waals surface area contributed by atoms with Gasteiger partial charge < -0.3 is 10.1 Å². The Kier molecular flexibility index (Phi) is 3.12. The highest BCUT2D eigenvalue weighted by atomic mass is 16.6. The van der Waals surface area contributed by atoms with Crippen LogP contribution in [0, 0.1) is 0 Å². The van der Waals surface area contributed by atoms with E-state index in [0.717, 1.165) is 0 Å². The minimum atomic E-state index is -0.427. The van der Waals surface area contributed by atoms with Crippen molar-refractivity contribution in [2.75, 3.05) is 0 Å². The van der Waals surface area contributed by atoms with Gasteiger partial charge in [0.1, 0.15) is 5.75 Å². The van der Waals surface area contributed by atoms with E-state index < -0.39 is 6.09 Å². The van der Waals surface area contributed by atoms with Crippen LogP contribution in [-0.2, 0) is 0 Å². The molecule has 0 aliphatic heterocycles. The molecule has 0 bridgehead atoms. The third-order valence-corrected chi connectivity index (χ3v) is 1.43. The van der Waals surface area contributed by atoms with E-state index in [-0.39, 0.29) is 5.54 Å². The molecule has 0 saturated carbocycles. The molecule has 0 radical (unpaired) electrons. The Balaban J connectivity index is 2.50. The van der Waals surface area contributed by atoms with Crippen molar-refractivity contribution >= 4 is 6.09 Å². The van der Waals surface area contributed by atoms with Crippen LogP contribution in [-0.4, -0.2) is 11.6 Å². The van der Waals surface area contributed by atoms with Crippen LogP contribution in [0.25, 0.3) is 0 Å². The predicted octanol–water partition coefficient (Wildman–Crippen LogP) is 2.57. The first-order valence-corrected chi connectivity index (χ1v) is 4.52. The van der Waals surface area contributed by atoms with Crippen molar-refractivity contribution in [3.05, 3.63) is 30.3 Å². The molecule has 0 aliphatic rings. The number of carbonyl (C=O) groups is 1. The monoisotopic (exact) mass is 193 g/mol. The molecule has 1 aromatic rings. The van der Waals surface area contributed by atoms with E-state index in [9.17, 15) is 4.79 Å². The zero-order chi connectivity index (χ0) is 10.6. The third kappa shape index (κ3) is 3.94. The smallest absolute Gasteiger partial charge is 0.410 e. The first kappa shape index (κ1) is 10.6. The second kappa shape index (κ2) is 4.13. The summed E-state index contributed by atoms with van der Waals surface area (Å²) in [6.07, 6.45) is -0.427. The first-order chi connectivity index (χ1) is 6.47. The summed E-state index contributed by atoms with van der Waals surface area (Å²) in [5, 5.41) is 2.71. The molecule has 0 spiro atoms. The highest BCUT2D eigenvalue weighted by molar-refractivity contribution is 5.71. The van der Waals surface area contributed by atoms with Crippen LogP contribution in [0.5, 0.6) is 5.75 Å². The molecule has 3 heteroatoms. The van der Waals surface area contributed by atoms with E-state index in [1.54, 1.807) is 12.1 Å². The Morgan fingerprint density at radius 3 is 2.29 bits per heavy atom. The Bertz CT molecular complexity index is 301. The SMILES string of the molecule is CC(C)(C)NC(=O)Oc1ccccc1. The van der Waals surface area contributed by atoms with Crippen LogP contribution in [0.15, 0.2) is 30.3 Å². The second-order valence-corrected chi connectivity index (χ2v) is 4.08. The summed E-state index contributed by atoms with van der Waals surface area (Å²) >= 11 is 0. The summed E-state index contributed by atoms with van der Waals surface area (Å²) in [5.41, 5.74) is -0.272. The summed E-state index contributed by atoms with van der Waals surface area (Å²) in [4.78, 5) is 11.3. The molecule has 76 valence electrons. The van der Waals surface area contributed by atoms with E-state index in [4.69, 9.17) is 4.74 Å². The van der Waals surface area contributed by atoms with E-state index in [2.05, 4.69) is 5.32 Å². The van der Waals surface area contributed by atoms with Crippen molar-refractivity contribution in [1.29, 1.82) is 0 Å². The summed E-state index contributed by atoms with van der Waals surface area (Å²) in [6, 6.07) is 8.98. The van der Waals surface area contributed by atoms with Gasteiger partial charge in [-0.3, -0.25) is 0 Å². The zero-order valence-electron chi connectivity index (χ0n) is 8.70. The molecule has 0 heterocycles. The lowest BCUT2D eigenvalue weighted by Crippen LogP contribution is -2.42. The number of hydrogen-bond donors (Lipinski definition) is 1. The van der Waals surface area contributed by atoms with Crippen LogP contribution >= 0.6 is 0 Å². The maximum Gasteiger partial charge on any atom is 0.413 e. The average molecular weight is 193 g/mol. The average Bonchev–Trinajstić information content (AvgIpc) is 2.02. The maximum atomic E-state index is 11.3. The fourth-order valence-electron chi connectivity index (χ4n) is 0.927. The Hall–Kier alpha value is -1.51. The quantitative estimate of drug-likeness (QED) is 0.744. The van der Waals surface area contributed by atoms with E-state index in [0.29, 0.717) is 5.75 Å². The van der Waals surface area contributed by atoms with Crippen LogP contribution in [0.3, 0.4) is 0 Å². The molecule has 0 saturated heterocycles. The van der Waals surface area contributed by atoms with Gasteiger partial charge in [0.15, 0.2) is 0 Å². The summed E-state index contributed by atoms with van der Waals surface area (Å²) in [5.74, 6) is 0.550. The van der Waals surface area contributed by atoms with Gasteiger partial charge in [-0.05, 0) is 32.9 Å². The lowest BCUT2D eigenvalue weighted by molar-refractivity contribution is 0.190. The van der Waals surface area contributed by atoms with Crippen molar-refractivity contribution in [2.24, 2.45) is 0 Å². The molecule has 3 nitrogen and oxygen atoms in total. The summed E-state index contributed by atoms with van der Waals surface area (Å²) in [7, 11) is 0. The molecule has 1 aromatic carbocycles. The second-order valence-electron chi connectivity index (χ2n) is 4.08. The van der Waals surface area contributed by atoms with E-state index in [1.807, 2.05) is 39.0 Å². The molecule has 14 heavy (non-hydrogen) atoms. The van der Waals surface area contributed by atoms with Gasteiger partial charge in [-0.15, -0.1) is 0 Å². The fraction of sp³-hybridized carbons (Fsp3) is 0.364. The number of rotatable bonds is 1. The molecule has 0 unspecified atom stereocenters. The molecule has 0 fully saturated rings. The normalized spacial score (nSPS) is 10.8. The van der Waals surface area contributed by atoms with Gasteiger partial charge in [0.05, 0.1) is 0 Å². The van der Waals surface area contributed by atoms with Gasteiger partial charge in [-0.1, -0.05) is 18.2 Å². The van der Waals surface area contributed by atoms with Crippen LogP contribution in [0.1, 0.15) is 20.8 Å². The van der Waals surface area contributed by atoms with Crippen molar-refractivity contribution in [1.82, 2.24) is 5.32 Å². The topological polar surface area (TPSA) is 38.3 Å². The first-order valence-electron chi connectivity index (χ1n) is 4.52. The largest absolute Gasteiger partial charge is 0.413 e. The van der Waals surface area contributed by atoms with Gasteiger partial charge in [0, 0.05) is 5.54 Å². The van der Waals surface area contributed by atoms with Crippen molar-refractivity contribution in [3.63, 3.8) is 0 Å². The Morgan fingerprint density at radius 1 is 1.21 bits per heavy atom. The van der Waals surface area contributed by atoms with Crippen LogP contribution in [0.2, 0.25) is 0 Å². The van der Waals surface area contributed by atoms with Gasteiger partial charge in [-0.25, -0.2) is 4.79 Å². The predicted molar refractivity (Wildman–Crippen MR) is 55.4 cm³/mol. The number of carbonyl (C=O) groups excluding carboxylic acids is 1. The van der Waals surface area contributed by atoms with Gasteiger partial charge in [-0.2, -0.15) is 0 Å².